The van der Waals surface area contributed by atoms with Crippen LogP contribution in [0.4, 0.5) is 4.39 Å². The molecule has 19 heavy (non-hydrogen) atoms. The number of benzene rings is 1. The van der Waals surface area contributed by atoms with Gasteiger partial charge in [-0.25, -0.2) is 14.4 Å². The SMILES string of the molecule is COC(OC)c1ccnc(-c2ccc(F)cc2Cl)n1. The molecule has 1 aromatic carbocycles. The number of halogens is 2. The van der Waals surface area contributed by atoms with E-state index in [0.717, 1.165) is 0 Å². The normalized spacial score (nSPS) is 11.0. The van der Waals surface area contributed by atoms with Gasteiger partial charge in [-0.05, 0) is 24.3 Å². The largest absolute Gasteiger partial charge is 0.350 e. The summed E-state index contributed by atoms with van der Waals surface area (Å²) in [5.74, 6) is -0.0156. The van der Waals surface area contributed by atoms with Crippen LogP contribution in [0.5, 0.6) is 0 Å². The van der Waals surface area contributed by atoms with Gasteiger partial charge in [0.1, 0.15) is 11.5 Å². The number of nitrogens with zero attached hydrogens (tertiary/aromatic N) is 2. The highest BCUT2D eigenvalue weighted by Gasteiger charge is 2.14. The lowest BCUT2D eigenvalue weighted by atomic mass is 10.2. The fourth-order valence-corrected chi connectivity index (χ4v) is 1.89. The summed E-state index contributed by atoms with van der Waals surface area (Å²) >= 11 is 5.98. The number of hydrogen-bond donors (Lipinski definition) is 0. The standard InChI is InChI=1S/C13H12ClFN2O2/c1-18-13(19-2)11-5-6-16-12(17-11)9-4-3-8(15)7-10(9)14/h3-7,13H,1-2H3. The summed E-state index contributed by atoms with van der Waals surface area (Å²) in [6.07, 6.45) is 0.989. The molecule has 4 nitrogen and oxygen atoms in total. The van der Waals surface area contributed by atoms with Crippen molar-refractivity contribution in [2.75, 3.05) is 14.2 Å². The van der Waals surface area contributed by atoms with E-state index in [1.165, 1.54) is 32.4 Å². The predicted molar refractivity (Wildman–Crippen MR) is 69.2 cm³/mol. The van der Waals surface area contributed by atoms with Crippen LogP contribution in [0.3, 0.4) is 0 Å². The van der Waals surface area contributed by atoms with Crippen molar-refractivity contribution < 1.29 is 13.9 Å². The first-order chi connectivity index (χ1) is 9.15. The summed E-state index contributed by atoms with van der Waals surface area (Å²) in [5.41, 5.74) is 1.12. The maximum Gasteiger partial charge on any atom is 0.200 e. The third-order valence-corrected chi connectivity index (χ3v) is 2.83. The highest BCUT2D eigenvalue weighted by Crippen LogP contribution is 2.26. The molecular weight excluding hydrogens is 271 g/mol. The van der Waals surface area contributed by atoms with Crippen LogP contribution in [-0.2, 0) is 9.47 Å². The molecule has 1 aromatic heterocycles. The number of aromatic nitrogens is 2. The Hall–Kier alpha value is -1.56. The van der Waals surface area contributed by atoms with Crippen molar-refractivity contribution >= 4 is 11.6 Å². The fraction of sp³-hybridized carbons (Fsp3) is 0.231. The van der Waals surface area contributed by atoms with Crippen LogP contribution in [0.15, 0.2) is 30.5 Å². The summed E-state index contributed by atoms with van der Waals surface area (Å²) < 4.78 is 23.3. The van der Waals surface area contributed by atoms with Crippen LogP contribution in [0, 0.1) is 5.82 Å². The Morgan fingerprint density at radius 3 is 2.58 bits per heavy atom. The molecule has 0 bridgehead atoms. The van der Waals surface area contributed by atoms with E-state index in [4.69, 9.17) is 21.1 Å². The van der Waals surface area contributed by atoms with E-state index >= 15 is 0 Å². The number of rotatable bonds is 4. The van der Waals surface area contributed by atoms with Gasteiger partial charge in [0.15, 0.2) is 5.82 Å². The summed E-state index contributed by atoms with van der Waals surface area (Å²) in [4.78, 5) is 8.43. The van der Waals surface area contributed by atoms with E-state index in [1.807, 2.05) is 0 Å². The van der Waals surface area contributed by atoms with Gasteiger partial charge in [0.25, 0.3) is 0 Å². The third-order valence-electron chi connectivity index (χ3n) is 2.52. The van der Waals surface area contributed by atoms with Crippen molar-refractivity contribution in [2.45, 2.75) is 6.29 Å². The molecule has 0 radical (unpaired) electrons. The first kappa shape index (κ1) is 13.9. The summed E-state index contributed by atoms with van der Waals surface area (Å²) in [6, 6.07) is 5.74. The van der Waals surface area contributed by atoms with Crippen LogP contribution in [-0.4, -0.2) is 24.2 Å². The summed E-state index contributed by atoms with van der Waals surface area (Å²) in [5, 5.41) is 0.253. The summed E-state index contributed by atoms with van der Waals surface area (Å²) in [7, 11) is 3.03. The molecule has 0 fully saturated rings. The van der Waals surface area contributed by atoms with E-state index < -0.39 is 12.1 Å². The molecule has 0 unspecified atom stereocenters. The highest BCUT2D eigenvalue weighted by molar-refractivity contribution is 6.33. The van der Waals surface area contributed by atoms with Gasteiger partial charge < -0.3 is 9.47 Å². The Kier molecular flexibility index (Phi) is 4.42. The van der Waals surface area contributed by atoms with Crippen molar-refractivity contribution in [3.8, 4) is 11.4 Å². The second-order valence-electron chi connectivity index (χ2n) is 3.73. The van der Waals surface area contributed by atoms with E-state index in [2.05, 4.69) is 9.97 Å². The minimum Gasteiger partial charge on any atom is -0.350 e. The smallest absolute Gasteiger partial charge is 0.200 e. The lowest BCUT2D eigenvalue weighted by molar-refractivity contribution is -0.108. The second-order valence-corrected chi connectivity index (χ2v) is 4.14. The maximum atomic E-state index is 13.0. The number of hydrogen-bond acceptors (Lipinski definition) is 4. The molecule has 0 N–H and O–H groups in total. The molecule has 0 aliphatic heterocycles. The Labute approximate surface area is 115 Å². The number of ether oxygens (including phenoxy) is 2. The Morgan fingerprint density at radius 2 is 1.95 bits per heavy atom. The molecule has 0 saturated carbocycles. The molecule has 0 atom stereocenters. The number of methoxy groups -OCH3 is 2. The van der Waals surface area contributed by atoms with Gasteiger partial charge >= 0.3 is 0 Å². The maximum absolute atomic E-state index is 13.0. The molecular formula is C13H12ClFN2O2. The van der Waals surface area contributed by atoms with Gasteiger partial charge in [-0.1, -0.05) is 11.6 Å². The average molecular weight is 283 g/mol. The zero-order chi connectivity index (χ0) is 13.8. The fourth-order valence-electron chi connectivity index (χ4n) is 1.64. The van der Waals surface area contributed by atoms with E-state index in [0.29, 0.717) is 17.1 Å². The van der Waals surface area contributed by atoms with E-state index in [9.17, 15) is 4.39 Å². The zero-order valence-electron chi connectivity index (χ0n) is 10.4. The zero-order valence-corrected chi connectivity index (χ0v) is 11.2. The quantitative estimate of drug-likeness (QED) is 0.808. The molecule has 0 spiro atoms. The Balaban J connectivity index is 2.43. The van der Waals surface area contributed by atoms with Gasteiger partial charge in [-0.2, -0.15) is 0 Å². The van der Waals surface area contributed by atoms with Gasteiger partial charge in [0, 0.05) is 26.0 Å². The van der Waals surface area contributed by atoms with E-state index in [1.54, 1.807) is 12.3 Å². The molecule has 2 aromatic rings. The third kappa shape index (κ3) is 3.07. The first-order valence-corrected chi connectivity index (χ1v) is 5.87. The van der Waals surface area contributed by atoms with Crippen molar-refractivity contribution in [1.82, 2.24) is 9.97 Å². The average Bonchev–Trinajstić information content (AvgIpc) is 2.40. The Bertz CT molecular complexity index is 576. The van der Waals surface area contributed by atoms with Gasteiger partial charge in [-0.15, -0.1) is 0 Å². The lowest BCUT2D eigenvalue weighted by Gasteiger charge is -2.13. The van der Waals surface area contributed by atoms with Crippen LogP contribution in [0.1, 0.15) is 12.0 Å². The van der Waals surface area contributed by atoms with Gasteiger partial charge in [0.2, 0.25) is 6.29 Å². The minimum atomic E-state index is -0.582. The predicted octanol–water partition coefficient (Wildman–Crippen LogP) is 3.23. The Morgan fingerprint density at radius 1 is 1.21 bits per heavy atom. The monoisotopic (exact) mass is 282 g/mol. The molecule has 0 aliphatic carbocycles. The van der Waals surface area contributed by atoms with Gasteiger partial charge in [-0.3, -0.25) is 0 Å². The van der Waals surface area contributed by atoms with Gasteiger partial charge in [0.05, 0.1) is 5.02 Å². The van der Waals surface area contributed by atoms with Crippen LogP contribution >= 0.6 is 11.6 Å². The van der Waals surface area contributed by atoms with Crippen molar-refractivity contribution in [3.63, 3.8) is 0 Å². The van der Waals surface area contributed by atoms with Crippen LogP contribution in [0.2, 0.25) is 5.02 Å². The lowest BCUT2D eigenvalue weighted by Crippen LogP contribution is -2.07. The molecule has 0 aliphatic rings. The van der Waals surface area contributed by atoms with Crippen molar-refractivity contribution in [3.05, 3.63) is 47.0 Å². The van der Waals surface area contributed by atoms with Crippen LogP contribution < -0.4 is 0 Å². The first-order valence-electron chi connectivity index (χ1n) is 5.49. The molecule has 0 amide bonds. The van der Waals surface area contributed by atoms with E-state index in [-0.39, 0.29) is 5.02 Å². The van der Waals surface area contributed by atoms with Crippen LogP contribution in [0.25, 0.3) is 11.4 Å². The minimum absolute atomic E-state index is 0.253. The summed E-state index contributed by atoms with van der Waals surface area (Å²) in [6.45, 7) is 0. The van der Waals surface area contributed by atoms with Crippen molar-refractivity contribution in [1.29, 1.82) is 0 Å². The molecule has 0 saturated heterocycles. The molecule has 1 heterocycles. The highest BCUT2D eigenvalue weighted by atomic mass is 35.5. The van der Waals surface area contributed by atoms with Crippen molar-refractivity contribution in [2.24, 2.45) is 0 Å². The second kappa shape index (κ2) is 6.06. The molecule has 6 heteroatoms. The molecule has 2 rings (SSSR count). The topological polar surface area (TPSA) is 44.2 Å². The molecule has 100 valence electrons.